The zero-order valence-corrected chi connectivity index (χ0v) is 18.9. The number of aromatic nitrogens is 2. The van der Waals surface area contributed by atoms with E-state index in [0.29, 0.717) is 23.4 Å². The summed E-state index contributed by atoms with van der Waals surface area (Å²) in [5.41, 5.74) is 1.04. The molecule has 1 atom stereocenters. The number of ether oxygens (including phenoxy) is 2. The molecule has 2 aromatic carbocycles. The van der Waals surface area contributed by atoms with Crippen LogP contribution in [0.4, 0.5) is 13.2 Å². The van der Waals surface area contributed by atoms with Crippen LogP contribution in [0.2, 0.25) is 0 Å². The highest BCUT2D eigenvalue weighted by Gasteiger charge is 2.36. The van der Waals surface area contributed by atoms with Crippen LogP contribution in [0.25, 0.3) is 10.9 Å². The van der Waals surface area contributed by atoms with Crippen molar-refractivity contribution in [3.05, 3.63) is 53.9 Å². The Morgan fingerprint density at radius 1 is 1.15 bits per heavy atom. The third-order valence-corrected chi connectivity index (χ3v) is 6.50. The maximum absolute atomic E-state index is 13.3. The Kier molecular flexibility index (Phi) is 6.64. The summed E-state index contributed by atoms with van der Waals surface area (Å²) < 4.78 is 50.7. The molecular weight excluding hydrogens is 455 g/mol. The minimum Gasteiger partial charge on any atom is -0.497 e. The number of nitrogens with zero attached hydrogens (tertiary/aromatic N) is 3. The SMILES string of the molecule is COc1ccc(OC)c(C2CCCN2C(=O)CSc2nc(C(F)(F)F)nc3ccccc23)c1. The summed E-state index contributed by atoms with van der Waals surface area (Å²) in [6, 6.07) is 11.7. The van der Waals surface area contributed by atoms with Crippen LogP contribution in [0, 0.1) is 0 Å². The van der Waals surface area contributed by atoms with Crippen LogP contribution in [0.3, 0.4) is 0 Å². The molecule has 4 rings (SSSR count). The van der Waals surface area contributed by atoms with Crippen molar-refractivity contribution in [2.45, 2.75) is 30.1 Å². The van der Waals surface area contributed by atoms with Crippen molar-refractivity contribution < 1.29 is 27.4 Å². The first-order valence-corrected chi connectivity index (χ1v) is 11.3. The molecule has 33 heavy (non-hydrogen) atoms. The smallest absolute Gasteiger partial charge is 0.451 e. The summed E-state index contributed by atoms with van der Waals surface area (Å²) in [7, 11) is 3.14. The third kappa shape index (κ3) is 4.85. The number of carbonyl (C=O) groups is 1. The van der Waals surface area contributed by atoms with Gasteiger partial charge in [-0.3, -0.25) is 4.79 Å². The molecule has 0 spiro atoms. The van der Waals surface area contributed by atoms with Gasteiger partial charge in [-0.15, -0.1) is 0 Å². The van der Waals surface area contributed by atoms with Gasteiger partial charge in [0.1, 0.15) is 16.5 Å². The van der Waals surface area contributed by atoms with E-state index in [1.54, 1.807) is 49.5 Å². The highest BCUT2D eigenvalue weighted by Crippen LogP contribution is 2.40. The Balaban J connectivity index is 1.58. The molecule has 2 heterocycles. The number of thioether (sulfide) groups is 1. The summed E-state index contributed by atoms with van der Waals surface area (Å²) >= 11 is 0.992. The second-order valence-electron chi connectivity index (χ2n) is 7.51. The fraction of sp³-hybridized carbons (Fsp3) is 0.348. The number of carbonyl (C=O) groups excluding carboxylic acids is 1. The zero-order valence-electron chi connectivity index (χ0n) is 18.1. The Hall–Kier alpha value is -3.01. The van der Waals surface area contributed by atoms with E-state index >= 15 is 0 Å². The summed E-state index contributed by atoms with van der Waals surface area (Å²) in [6.45, 7) is 0.558. The van der Waals surface area contributed by atoms with E-state index in [4.69, 9.17) is 9.47 Å². The van der Waals surface area contributed by atoms with Gasteiger partial charge < -0.3 is 14.4 Å². The predicted molar refractivity (Wildman–Crippen MR) is 118 cm³/mol. The van der Waals surface area contributed by atoms with Crippen molar-refractivity contribution in [1.29, 1.82) is 0 Å². The summed E-state index contributed by atoms with van der Waals surface area (Å²) in [5, 5.41) is 0.617. The first kappa shape index (κ1) is 23.2. The maximum Gasteiger partial charge on any atom is 0.451 e. The number of likely N-dealkylation sites (tertiary alicyclic amines) is 1. The molecular formula is C23H22F3N3O3S. The average molecular weight is 478 g/mol. The van der Waals surface area contributed by atoms with Crippen molar-refractivity contribution >= 4 is 28.6 Å². The highest BCUT2D eigenvalue weighted by molar-refractivity contribution is 8.00. The van der Waals surface area contributed by atoms with Crippen LogP contribution < -0.4 is 9.47 Å². The Bertz CT molecular complexity index is 1170. The summed E-state index contributed by atoms with van der Waals surface area (Å²) in [6.07, 6.45) is -3.10. The van der Waals surface area contributed by atoms with Crippen LogP contribution >= 0.6 is 11.8 Å². The Morgan fingerprint density at radius 2 is 1.94 bits per heavy atom. The summed E-state index contributed by atoms with van der Waals surface area (Å²) in [5.74, 6) is -0.113. The maximum atomic E-state index is 13.3. The van der Waals surface area contributed by atoms with E-state index in [0.717, 1.165) is 30.2 Å². The molecule has 1 amide bonds. The number of hydrogen-bond acceptors (Lipinski definition) is 6. The first-order valence-electron chi connectivity index (χ1n) is 10.3. The molecule has 174 valence electrons. The topological polar surface area (TPSA) is 64.6 Å². The number of alkyl halides is 3. The van der Waals surface area contributed by atoms with E-state index in [1.165, 1.54) is 6.07 Å². The van der Waals surface area contributed by atoms with Gasteiger partial charge in [-0.25, -0.2) is 9.97 Å². The van der Waals surface area contributed by atoms with Gasteiger partial charge in [0.15, 0.2) is 0 Å². The number of methoxy groups -OCH3 is 2. The first-order chi connectivity index (χ1) is 15.8. The standard InChI is InChI=1S/C23H22F3N3O3S/c1-31-14-9-10-19(32-2)16(12-14)18-8-5-11-29(18)20(30)13-33-21-15-6-3-4-7-17(15)27-22(28-21)23(24,25)26/h3-4,6-7,9-10,12,18H,5,8,11,13H2,1-2H3. The fourth-order valence-electron chi connectivity index (χ4n) is 3.99. The molecule has 1 aliphatic rings. The average Bonchev–Trinajstić information content (AvgIpc) is 3.31. The lowest BCUT2D eigenvalue weighted by atomic mass is 10.0. The van der Waals surface area contributed by atoms with Crippen LogP contribution in [-0.4, -0.2) is 47.3 Å². The molecule has 10 heteroatoms. The molecule has 1 aromatic heterocycles. The molecule has 0 N–H and O–H groups in total. The normalized spacial score (nSPS) is 16.3. The molecule has 0 saturated carbocycles. The van der Waals surface area contributed by atoms with E-state index < -0.39 is 12.0 Å². The van der Waals surface area contributed by atoms with E-state index in [2.05, 4.69) is 9.97 Å². The van der Waals surface area contributed by atoms with Crippen LogP contribution in [0.15, 0.2) is 47.5 Å². The molecule has 1 fully saturated rings. The van der Waals surface area contributed by atoms with Crippen molar-refractivity contribution in [1.82, 2.24) is 14.9 Å². The minimum atomic E-state index is -4.67. The molecule has 1 unspecified atom stereocenters. The van der Waals surface area contributed by atoms with Gasteiger partial charge >= 0.3 is 6.18 Å². The zero-order chi connectivity index (χ0) is 23.6. The van der Waals surface area contributed by atoms with Gasteiger partial charge in [-0.2, -0.15) is 13.2 Å². The fourth-order valence-corrected chi connectivity index (χ4v) is 4.89. The van der Waals surface area contributed by atoms with Gasteiger partial charge in [-0.05, 0) is 37.1 Å². The van der Waals surface area contributed by atoms with Gasteiger partial charge in [0.05, 0.1) is 31.5 Å². The van der Waals surface area contributed by atoms with Crippen LogP contribution in [-0.2, 0) is 11.0 Å². The molecule has 0 bridgehead atoms. The molecule has 3 aromatic rings. The van der Waals surface area contributed by atoms with Crippen LogP contribution in [0.5, 0.6) is 11.5 Å². The Morgan fingerprint density at radius 3 is 2.67 bits per heavy atom. The number of fused-ring (bicyclic) bond motifs is 1. The number of hydrogen-bond donors (Lipinski definition) is 0. The van der Waals surface area contributed by atoms with Gasteiger partial charge in [0, 0.05) is 17.5 Å². The van der Waals surface area contributed by atoms with Crippen molar-refractivity contribution in [3.8, 4) is 11.5 Å². The number of para-hydroxylation sites is 1. The predicted octanol–water partition coefficient (Wildman–Crippen LogP) is 5.12. The molecule has 0 aliphatic carbocycles. The van der Waals surface area contributed by atoms with E-state index in [1.807, 2.05) is 6.07 Å². The molecule has 1 aliphatic heterocycles. The number of halogens is 3. The lowest BCUT2D eigenvalue weighted by Crippen LogP contribution is -2.32. The van der Waals surface area contributed by atoms with E-state index in [-0.39, 0.29) is 28.2 Å². The molecule has 0 radical (unpaired) electrons. The monoisotopic (exact) mass is 477 g/mol. The van der Waals surface area contributed by atoms with Gasteiger partial charge in [0.2, 0.25) is 11.7 Å². The lowest BCUT2D eigenvalue weighted by Gasteiger charge is -2.26. The van der Waals surface area contributed by atoms with Gasteiger partial charge in [-0.1, -0.05) is 30.0 Å². The molecule has 6 nitrogen and oxygen atoms in total. The van der Waals surface area contributed by atoms with Gasteiger partial charge in [0.25, 0.3) is 0 Å². The van der Waals surface area contributed by atoms with Crippen LogP contribution in [0.1, 0.15) is 30.3 Å². The van der Waals surface area contributed by atoms with E-state index in [9.17, 15) is 18.0 Å². The second-order valence-corrected chi connectivity index (χ2v) is 8.47. The highest BCUT2D eigenvalue weighted by atomic mass is 32.2. The third-order valence-electron chi connectivity index (χ3n) is 5.52. The summed E-state index contributed by atoms with van der Waals surface area (Å²) in [4.78, 5) is 22.2. The minimum absolute atomic E-state index is 0.0406. The number of benzene rings is 2. The molecule has 1 saturated heterocycles. The second kappa shape index (κ2) is 9.46. The largest absolute Gasteiger partial charge is 0.497 e. The van der Waals surface area contributed by atoms with Crippen molar-refractivity contribution in [2.24, 2.45) is 0 Å². The van der Waals surface area contributed by atoms with Crippen molar-refractivity contribution in [2.75, 3.05) is 26.5 Å². The number of amides is 1. The quantitative estimate of drug-likeness (QED) is 0.363. The number of rotatable bonds is 6. The lowest BCUT2D eigenvalue weighted by molar-refractivity contribution is -0.145. The van der Waals surface area contributed by atoms with Crippen molar-refractivity contribution in [3.63, 3.8) is 0 Å². The Labute approximate surface area is 193 Å².